The number of H-pyrrole nitrogens is 2. The number of aromatic nitrogens is 4. The molecule has 0 saturated carbocycles. The second kappa shape index (κ2) is 13.9. The summed E-state index contributed by atoms with van der Waals surface area (Å²) in [5.41, 5.74) is 7.87. The molecule has 236 valence electrons. The summed E-state index contributed by atoms with van der Waals surface area (Å²) in [4.78, 5) is 0. The quantitative estimate of drug-likeness (QED) is 0.136. The minimum absolute atomic E-state index is 0.693. The average Bonchev–Trinajstić information content (AvgIpc) is 3.71. The lowest BCUT2D eigenvalue weighted by Gasteiger charge is -2.07. The van der Waals surface area contributed by atoms with E-state index in [1.165, 1.54) is 0 Å². The highest BCUT2D eigenvalue weighted by atomic mass is 35.5. The molecular formula is C39H30Cl2N6O. The van der Waals surface area contributed by atoms with Gasteiger partial charge in [0.25, 0.3) is 0 Å². The van der Waals surface area contributed by atoms with Crippen molar-refractivity contribution in [2.24, 2.45) is 0 Å². The largest absolute Gasteiger partial charge is 0.497 e. The van der Waals surface area contributed by atoms with Crippen molar-refractivity contribution in [1.29, 1.82) is 0 Å². The van der Waals surface area contributed by atoms with Crippen LogP contribution in [0, 0.1) is 0 Å². The van der Waals surface area contributed by atoms with Gasteiger partial charge in [-0.25, -0.2) is 0 Å². The van der Waals surface area contributed by atoms with Crippen LogP contribution in [0.1, 0.15) is 0 Å². The van der Waals surface area contributed by atoms with Crippen LogP contribution < -0.4 is 15.4 Å². The van der Waals surface area contributed by atoms with E-state index in [1.807, 2.05) is 115 Å². The first-order chi connectivity index (χ1) is 23.6. The highest BCUT2D eigenvalue weighted by molar-refractivity contribution is 6.34. The summed E-state index contributed by atoms with van der Waals surface area (Å²) in [5.74, 6) is 2.37. The second-order valence-corrected chi connectivity index (χ2v) is 11.8. The van der Waals surface area contributed by atoms with Gasteiger partial charge in [0.15, 0.2) is 11.6 Å². The molecule has 0 fully saturated rings. The monoisotopic (exact) mass is 668 g/mol. The van der Waals surface area contributed by atoms with Gasteiger partial charge in [0.2, 0.25) is 0 Å². The Morgan fingerprint density at radius 1 is 0.521 bits per heavy atom. The number of methoxy groups -OCH3 is 1. The van der Waals surface area contributed by atoms with Crippen molar-refractivity contribution in [2.45, 2.75) is 0 Å². The molecule has 0 aliphatic rings. The summed E-state index contributed by atoms with van der Waals surface area (Å²) in [6, 6.07) is 45.9. The van der Waals surface area contributed by atoms with Crippen molar-refractivity contribution in [2.75, 3.05) is 17.7 Å². The number of halogens is 2. The first kappa shape index (κ1) is 30.9. The van der Waals surface area contributed by atoms with Crippen LogP contribution in [0.4, 0.5) is 23.0 Å². The highest BCUT2D eigenvalue weighted by Crippen LogP contribution is 2.36. The van der Waals surface area contributed by atoms with Gasteiger partial charge in [0.1, 0.15) is 5.75 Å². The number of hydrogen-bond acceptors (Lipinski definition) is 5. The van der Waals surface area contributed by atoms with Gasteiger partial charge >= 0.3 is 0 Å². The SMILES string of the molecule is COc1ccc(Nc2n[nH]c3cc(Cl)c(-c4ccccc4)cc23)cc1.Clc1cc2[nH]nc(Nc3ccccc3)c2cc1-c1ccccc1. The Balaban J connectivity index is 0.000000152. The van der Waals surface area contributed by atoms with Crippen LogP contribution in [0.5, 0.6) is 5.75 Å². The molecule has 8 rings (SSSR count). The molecule has 0 amide bonds. The first-order valence-corrected chi connectivity index (χ1v) is 16.0. The third-order valence-corrected chi connectivity index (χ3v) is 8.49. The maximum absolute atomic E-state index is 6.46. The highest BCUT2D eigenvalue weighted by Gasteiger charge is 2.13. The predicted octanol–water partition coefficient (Wildman–Crippen LogP) is 11.3. The summed E-state index contributed by atoms with van der Waals surface area (Å²) in [6.45, 7) is 0. The zero-order chi connectivity index (χ0) is 32.9. The van der Waals surface area contributed by atoms with Crippen LogP contribution in [0.15, 0.2) is 140 Å². The third kappa shape index (κ3) is 6.69. The molecule has 0 unspecified atom stereocenters. The van der Waals surface area contributed by atoms with E-state index >= 15 is 0 Å². The normalized spacial score (nSPS) is 10.8. The Morgan fingerprint density at radius 3 is 1.38 bits per heavy atom. The number of para-hydroxylation sites is 1. The number of nitrogens with zero attached hydrogens (tertiary/aromatic N) is 2. The Labute approximate surface area is 287 Å². The van der Waals surface area contributed by atoms with Crippen LogP contribution in [-0.4, -0.2) is 27.5 Å². The van der Waals surface area contributed by atoms with E-state index < -0.39 is 0 Å². The number of anilines is 4. The number of ether oxygens (including phenoxy) is 1. The Kier molecular flexibility index (Phi) is 8.96. The number of rotatable bonds is 7. The fourth-order valence-corrected chi connectivity index (χ4v) is 5.96. The standard InChI is InChI=1S/C20H16ClN3O.C19H14ClN3/c1-25-15-9-7-14(8-10-15)22-20-17-11-16(13-5-3-2-4-6-13)18(21)12-19(17)23-24-20;20-17-12-18-16(11-15(17)13-7-3-1-4-8-13)19(23-22-18)21-14-9-5-2-6-10-14/h2-12H,1H3,(H2,22,23,24);1-12H,(H2,21,22,23). The van der Waals surface area contributed by atoms with E-state index in [0.29, 0.717) is 10.0 Å². The number of aromatic amines is 2. The smallest absolute Gasteiger partial charge is 0.160 e. The fourth-order valence-electron chi connectivity index (χ4n) is 5.41. The van der Waals surface area contributed by atoms with Crippen LogP contribution in [0.2, 0.25) is 10.0 Å². The molecule has 2 aromatic heterocycles. The molecule has 9 heteroatoms. The summed E-state index contributed by atoms with van der Waals surface area (Å²) in [6.07, 6.45) is 0. The molecule has 7 nitrogen and oxygen atoms in total. The zero-order valence-corrected chi connectivity index (χ0v) is 27.3. The van der Waals surface area contributed by atoms with Crippen LogP contribution in [0.3, 0.4) is 0 Å². The number of fused-ring (bicyclic) bond motifs is 2. The van der Waals surface area contributed by atoms with Crippen molar-refractivity contribution in [3.05, 3.63) is 150 Å². The summed E-state index contributed by atoms with van der Waals surface area (Å²) < 4.78 is 5.19. The number of hydrogen-bond donors (Lipinski definition) is 4. The summed E-state index contributed by atoms with van der Waals surface area (Å²) in [5, 5.41) is 24.9. The molecule has 0 saturated heterocycles. The van der Waals surface area contributed by atoms with E-state index in [-0.39, 0.29) is 0 Å². The van der Waals surface area contributed by atoms with Crippen molar-refractivity contribution >= 4 is 68.0 Å². The Morgan fingerprint density at radius 2 is 0.938 bits per heavy atom. The van der Waals surface area contributed by atoms with Gasteiger partial charge in [-0.1, -0.05) is 102 Å². The molecule has 48 heavy (non-hydrogen) atoms. The second-order valence-electron chi connectivity index (χ2n) is 11.0. The van der Waals surface area contributed by atoms with Crippen LogP contribution in [0.25, 0.3) is 44.1 Å². The van der Waals surface area contributed by atoms with E-state index in [1.54, 1.807) is 7.11 Å². The molecule has 2 heterocycles. The van der Waals surface area contributed by atoms with Gasteiger partial charge < -0.3 is 15.4 Å². The van der Waals surface area contributed by atoms with E-state index in [9.17, 15) is 0 Å². The van der Waals surface area contributed by atoms with E-state index in [2.05, 4.69) is 55.3 Å². The molecule has 0 aliphatic heterocycles. The van der Waals surface area contributed by atoms with Gasteiger partial charge in [0, 0.05) is 33.3 Å². The zero-order valence-electron chi connectivity index (χ0n) is 25.8. The maximum atomic E-state index is 6.46. The van der Waals surface area contributed by atoms with Crippen molar-refractivity contribution in [1.82, 2.24) is 20.4 Å². The molecule has 0 radical (unpaired) electrons. The lowest BCUT2D eigenvalue weighted by atomic mass is 10.0. The molecule has 6 aromatic carbocycles. The first-order valence-electron chi connectivity index (χ1n) is 15.2. The molecule has 8 aromatic rings. The molecule has 4 N–H and O–H groups in total. The van der Waals surface area contributed by atoms with Crippen molar-refractivity contribution < 1.29 is 4.74 Å². The summed E-state index contributed by atoms with van der Waals surface area (Å²) in [7, 11) is 1.65. The summed E-state index contributed by atoms with van der Waals surface area (Å²) >= 11 is 12.9. The molecular weight excluding hydrogens is 639 g/mol. The Bertz CT molecular complexity index is 2290. The lowest BCUT2D eigenvalue weighted by Crippen LogP contribution is -1.91. The van der Waals surface area contributed by atoms with Crippen LogP contribution in [-0.2, 0) is 0 Å². The maximum Gasteiger partial charge on any atom is 0.160 e. The molecule has 0 aliphatic carbocycles. The number of benzene rings is 6. The fraction of sp³-hybridized carbons (Fsp3) is 0.0256. The minimum Gasteiger partial charge on any atom is -0.497 e. The topological polar surface area (TPSA) is 90.6 Å². The van der Waals surface area contributed by atoms with Crippen molar-refractivity contribution in [3.63, 3.8) is 0 Å². The molecule has 0 atom stereocenters. The average molecular weight is 670 g/mol. The van der Waals surface area contributed by atoms with Crippen LogP contribution >= 0.6 is 23.2 Å². The van der Waals surface area contributed by atoms with Crippen molar-refractivity contribution in [3.8, 4) is 28.0 Å². The van der Waals surface area contributed by atoms with Gasteiger partial charge in [0.05, 0.1) is 28.2 Å². The molecule has 0 spiro atoms. The molecule has 0 bridgehead atoms. The predicted molar refractivity (Wildman–Crippen MR) is 199 cm³/mol. The van der Waals surface area contributed by atoms with Gasteiger partial charge in [-0.3, -0.25) is 10.2 Å². The van der Waals surface area contributed by atoms with Gasteiger partial charge in [-0.15, -0.1) is 0 Å². The third-order valence-electron chi connectivity index (χ3n) is 7.86. The number of nitrogens with one attached hydrogen (secondary N) is 4. The van der Waals surface area contributed by atoms with Gasteiger partial charge in [-0.05, 0) is 71.8 Å². The van der Waals surface area contributed by atoms with Gasteiger partial charge in [-0.2, -0.15) is 10.2 Å². The minimum atomic E-state index is 0.693. The Hall–Kier alpha value is -5.76. The van der Waals surface area contributed by atoms with E-state index in [4.69, 9.17) is 27.9 Å². The lowest BCUT2D eigenvalue weighted by molar-refractivity contribution is 0.415. The van der Waals surface area contributed by atoms with E-state index in [0.717, 1.165) is 72.8 Å².